The van der Waals surface area contributed by atoms with E-state index in [0.29, 0.717) is 25.3 Å². The van der Waals surface area contributed by atoms with E-state index in [1.807, 2.05) is 6.07 Å². The number of halogens is 1. The molecule has 2 aliphatic heterocycles. The van der Waals surface area contributed by atoms with E-state index in [0.717, 1.165) is 56.2 Å². The van der Waals surface area contributed by atoms with Crippen molar-refractivity contribution in [3.8, 4) is 0 Å². The number of rotatable bonds is 5. The molecule has 8 heteroatoms. The van der Waals surface area contributed by atoms with Gasteiger partial charge in [0.05, 0.1) is 32.0 Å². The van der Waals surface area contributed by atoms with Crippen LogP contribution in [0.25, 0.3) is 0 Å². The molecule has 0 saturated carbocycles. The summed E-state index contributed by atoms with van der Waals surface area (Å²) in [6.07, 6.45) is 1.73. The van der Waals surface area contributed by atoms with Crippen LogP contribution in [0.1, 0.15) is 10.4 Å². The van der Waals surface area contributed by atoms with Crippen LogP contribution in [0.5, 0.6) is 0 Å². The molecule has 3 heterocycles. The number of carbonyl (C=O) groups excluding carboxylic acids is 1. The number of nitrogens with one attached hydrogen (secondary N) is 1. The van der Waals surface area contributed by atoms with Gasteiger partial charge in [0, 0.05) is 49.9 Å². The summed E-state index contributed by atoms with van der Waals surface area (Å²) >= 11 is 3.41. The summed E-state index contributed by atoms with van der Waals surface area (Å²) in [6, 6.07) is 1.84. The van der Waals surface area contributed by atoms with Crippen LogP contribution >= 0.6 is 15.9 Å². The zero-order valence-corrected chi connectivity index (χ0v) is 15.3. The van der Waals surface area contributed by atoms with Crippen molar-refractivity contribution >= 4 is 27.7 Å². The van der Waals surface area contributed by atoms with Crippen molar-refractivity contribution in [2.24, 2.45) is 0 Å². The van der Waals surface area contributed by atoms with Crippen molar-refractivity contribution in [3.63, 3.8) is 0 Å². The lowest BCUT2D eigenvalue weighted by Gasteiger charge is -2.29. The topological polar surface area (TPSA) is 66.9 Å². The molecule has 0 bridgehead atoms. The van der Waals surface area contributed by atoms with Crippen molar-refractivity contribution in [2.45, 2.75) is 0 Å². The number of morpholine rings is 2. The quantitative estimate of drug-likeness (QED) is 0.788. The Morgan fingerprint density at radius 2 is 1.83 bits per heavy atom. The number of aromatic nitrogens is 1. The van der Waals surface area contributed by atoms with Crippen LogP contribution in [0.3, 0.4) is 0 Å². The fourth-order valence-electron chi connectivity index (χ4n) is 2.87. The van der Waals surface area contributed by atoms with E-state index in [1.165, 1.54) is 0 Å². The first-order chi connectivity index (χ1) is 11.7. The van der Waals surface area contributed by atoms with Gasteiger partial charge < -0.3 is 19.7 Å². The molecular weight excluding hydrogens is 376 g/mol. The van der Waals surface area contributed by atoms with Gasteiger partial charge in [-0.2, -0.15) is 0 Å². The third kappa shape index (κ3) is 4.66. The lowest BCUT2D eigenvalue weighted by atomic mass is 10.2. The average Bonchev–Trinajstić information content (AvgIpc) is 2.63. The Bertz CT molecular complexity index is 560. The van der Waals surface area contributed by atoms with Crippen LogP contribution in [0, 0.1) is 0 Å². The average molecular weight is 399 g/mol. The second kappa shape index (κ2) is 8.75. The van der Waals surface area contributed by atoms with Crippen molar-refractivity contribution in [3.05, 3.63) is 22.3 Å². The van der Waals surface area contributed by atoms with E-state index < -0.39 is 0 Å². The van der Waals surface area contributed by atoms with Gasteiger partial charge >= 0.3 is 0 Å². The van der Waals surface area contributed by atoms with Crippen LogP contribution in [0.2, 0.25) is 0 Å². The molecule has 2 aliphatic rings. The summed E-state index contributed by atoms with van der Waals surface area (Å²) in [5, 5.41) is 3.01. The zero-order chi connectivity index (χ0) is 16.8. The number of amides is 1. The lowest BCUT2D eigenvalue weighted by molar-refractivity contribution is 0.0383. The summed E-state index contributed by atoms with van der Waals surface area (Å²) in [5.74, 6) is 0.643. The van der Waals surface area contributed by atoms with Crippen molar-refractivity contribution in [2.75, 3.05) is 70.6 Å². The second-order valence-corrected chi connectivity index (χ2v) is 6.75. The number of pyridine rings is 1. The zero-order valence-electron chi connectivity index (χ0n) is 13.7. The van der Waals surface area contributed by atoms with E-state index in [4.69, 9.17) is 9.47 Å². The Labute approximate surface area is 150 Å². The highest BCUT2D eigenvalue weighted by Gasteiger charge is 2.21. The maximum absolute atomic E-state index is 12.6. The molecule has 24 heavy (non-hydrogen) atoms. The molecule has 7 nitrogen and oxygen atoms in total. The van der Waals surface area contributed by atoms with Crippen molar-refractivity contribution < 1.29 is 14.3 Å². The highest BCUT2D eigenvalue weighted by Crippen LogP contribution is 2.22. The van der Waals surface area contributed by atoms with E-state index in [1.54, 1.807) is 6.20 Å². The molecule has 1 aromatic heterocycles. The van der Waals surface area contributed by atoms with E-state index in [2.05, 4.69) is 36.0 Å². The lowest BCUT2D eigenvalue weighted by Crippen LogP contribution is -2.42. The molecule has 1 amide bonds. The minimum absolute atomic E-state index is 0.0847. The van der Waals surface area contributed by atoms with Gasteiger partial charge in [-0.05, 0) is 22.0 Å². The summed E-state index contributed by atoms with van der Waals surface area (Å²) < 4.78 is 11.5. The maximum atomic E-state index is 12.6. The number of hydrogen-bond acceptors (Lipinski definition) is 6. The Morgan fingerprint density at radius 3 is 2.54 bits per heavy atom. The van der Waals surface area contributed by atoms with Crippen molar-refractivity contribution in [1.29, 1.82) is 0 Å². The molecule has 0 spiro atoms. The number of anilines is 1. The SMILES string of the molecule is O=C(NCCN1CCOCC1)c1cc(Br)cnc1N1CCOCC1. The number of carbonyl (C=O) groups is 1. The number of hydrogen-bond donors (Lipinski definition) is 1. The first-order valence-electron chi connectivity index (χ1n) is 8.30. The molecule has 0 radical (unpaired) electrons. The first kappa shape index (κ1) is 17.6. The van der Waals surface area contributed by atoms with Gasteiger partial charge in [0.15, 0.2) is 0 Å². The Morgan fingerprint density at radius 1 is 1.17 bits per heavy atom. The van der Waals surface area contributed by atoms with Gasteiger partial charge in [0.2, 0.25) is 0 Å². The highest BCUT2D eigenvalue weighted by atomic mass is 79.9. The first-order valence-corrected chi connectivity index (χ1v) is 9.10. The highest BCUT2D eigenvalue weighted by molar-refractivity contribution is 9.10. The van der Waals surface area contributed by atoms with Crippen LogP contribution < -0.4 is 10.2 Å². The number of ether oxygens (including phenoxy) is 2. The van der Waals surface area contributed by atoms with E-state index in [-0.39, 0.29) is 5.91 Å². The molecule has 0 unspecified atom stereocenters. The van der Waals surface area contributed by atoms with Gasteiger partial charge in [-0.3, -0.25) is 9.69 Å². The van der Waals surface area contributed by atoms with Gasteiger partial charge in [-0.25, -0.2) is 4.98 Å². The monoisotopic (exact) mass is 398 g/mol. The molecule has 132 valence electrons. The van der Waals surface area contributed by atoms with Crippen LogP contribution in [-0.2, 0) is 9.47 Å². The number of nitrogens with zero attached hydrogens (tertiary/aromatic N) is 3. The molecule has 3 rings (SSSR count). The van der Waals surface area contributed by atoms with Crippen LogP contribution in [-0.4, -0.2) is 81.5 Å². The standard InChI is InChI=1S/C16H23BrN4O3/c17-13-11-14(15(19-12-13)21-5-9-24-10-6-21)16(22)18-1-2-20-3-7-23-8-4-20/h11-12H,1-10H2,(H,18,22). The van der Waals surface area contributed by atoms with Crippen molar-refractivity contribution in [1.82, 2.24) is 15.2 Å². The Hall–Kier alpha value is -1.22. The Kier molecular flexibility index (Phi) is 6.42. The molecule has 2 fully saturated rings. The molecular formula is C16H23BrN4O3. The smallest absolute Gasteiger partial charge is 0.255 e. The molecule has 0 aliphatic carbocycles. The van der Waals surface area contributed by atoms with Gasteiger partial charge in [-0.15, -0.1) is 0 Å². The predicted molar refractivity (Wildman–Crippen MR) is 94.6 cm³/mol. The largest absolute Gasteiger partial charge is 0.379 e. The van der Waals surface area contributed by atoms with E-state index >= 15 is 0 Å². The van der Waals surface area contributed by atoms with Crippen LogP contribution in [0.15, 0.2) is 16.7 Å². The molecule has 0 atom stereocenters. The van der Waals surface area contributed by atoms with Gasteiger partial charge in [0.25, 0.3) is 5.91 Å². The second-order valence-electron chi connectivity index (χ2n) is 5.83. The molecule has 2 saturated heterocycles. The van der Waals surface area contributed by atoms with Gasteiger partial charge in [0.1, 0.15) is 5.82 Å². The third-order valence-corrected chi connectivity index (χ3v) is 4.64. The summed E-state index contributed by atoms with van der Waals surface area (Å²) in [4.78, 5) is 21.5. The summed E-state index contributed by atoms with van der Waals surface area (Å²) in [6.45, 7) is 7.67. The molecule has 1 N–H and O–H groups in total. The van der Waals surface area contributed by atoms with Crippen LogP contribution in [0.4, 0.5) is 5.82 Å². The Balaban J connectivity index is 1.61. The predicted octanol–water partition coefficient (Wildman–Crippen LogP) is 0.743. The minimum Gasteiger partial charge on any atom is -0.379 e. The fourth-order valence-corrected chi connectivity index (χ4v) is 3.21. The normalized spacial score (nSPS) is 19.3. The van der Waals surface area contributed by atoms with E-state index in [9.17, 15) is 4.79 Å². The summed E-state index contributed by atoms with van der Waals surface area (Å²) in [7, 11) is 0. The minimum atomic E-state index is -0.0847. The molecule has 0 aromatic carbocycles. The molecule has 1 aromatic rings. The maximum Gasteiger partial charge on any atom is 0.255 e. The summed E-state index contributed by atoms with van der Waals surface area (Å²) in [5.41, 5.74) is 0.605. The fraction of sp³-hybridized carbons (Fsp3) is 0.625. The third-order valence-electron chi connectivity index (χ3n) is 4.21. The van der Waals surface area contributed by atoms with Gasteiger partial charge in [-0.1, -0.05) is 0 Å².